The highest BCUT2D eigenvalue weighted by molar-refractivity contribution is 6.30. The fraction of sp³-hybridized carbons (Fsp3) is 0.385. The molecule has 0 fully saturated rings. The van der Waals surface area contributed by atoms with Gasteiger partial charge >= 0.3 is 0 Å². The van der Waals surface area contributed by atoms with Crippen molar-refractivity contribution in [1.82, 2.24) is 14.8 Å². The zero-order chi connectivity index (χ0) is 25.4. The van der Waals surface area contributed by atoms with E-state index in [9.17, 15) is 9.65 Å². The third-order valence-electron chi connectivity index (χ3n) is 4.48. The topological polar surface area (TPSA) is 55.2 Å². The summed E-state index contributed by atoms with van der Waals surface area (Å²) in [5.74, 6) is -0.305. The maximum atomic E-state index is 14.0. The summed E-state index contributed by atoms with van der Waals surface area (Å²) in [6.45, 7) is 13.6. The van der Waals surface area contributed by atoms with Gasteiger partial charge in [0.25, 0.3) is 0 Å². The Hall–Kier alpha value is -2.88. The largest absolute Gasteiger partial charge is 0.386 e. The van der Waals surface area contributed by atoms with Gasteiger partial charge in [-0.2, -0.15) is 5.26 Å². The van der Waals surface area contributed by atoms with Crippen LogP contribution < -0.4 is 5.32 Å². The molecule has 7 heteroatoms. The highest BCUT2D eigenvalue weighted by Gasteiger charge is 2.15. The van der Waals surface area contributed by atoms with Crippen molar-refractivity contribution in [3.05, 3.63) is 76.9 Å². The van der Waals surface area contributed by atoms with E-state index in [4.69, 9.17) is 11.6 Å². The highest BCUT2D eigenvalue weighted by Crippen LogP contribution is 2.24. The fourth-order valence-corrected chi connectivity index (χ4v) is 3.04. The minimum absolute atomic E-state index is 0.305. The van der Waals surface area contributed by atoms with Crippen molar-refractivity contribution in [3.63, 3.8) is 0 Å². The minimum Gasteiger partial charge on any atom is -0.386 e. The molecule has 1 heterocycles. The Balaban J connectivity index is 0.00000242. The third kappa shape index (κ3) is 9.65. The lowest BCUT2D eigenvalue weighted by Gasteiger charge is -2.26. The molecule has 1 aromatic heterocycles. The average Bonchev–Trinajstić information content (AvgIpc) is 2.85. The second kappa shape index (κ2) is 16.7. The first-order valence-electron chi connectivity index (χ1n) is 11.1. The van der Waals surface area contributed by atoms with E-state index in [0.717, 1.165) is 11.4 Å². The number of allylic oxidation sites excluding steroid dienone is 2. The molecule has 180 valence electrons. The van der Waals surface area contributed by atoms with E-state index >= 15 is 0 Å². The molecule has 0 bridgehead atoms. The monoisotopic (exact) mass is 473 g/mol. The number of aromatic nitrogens is 1. The van der Waals surface area contributed by atoms with Crippen molar-refractivity contribution in [2.45, 2.75) is 34.2 Å². The number of nitriles is 1. The smallest absolute Gasteiger partial charge is 0.141 e. The van der Waals surface area contributed by atoms with Gasteiger partial charge in [-0.1, -0.05) is 58.0 Å². The first-order valence-corrected chi connectivity index (χ1v) is 11.5. The molecular formula is C26H37ClFN5. The van der Waals surface area contributed by atoms with Crippen molar-refractivity contribution in [2.75, 3.05) is 39.5 Å². The van der Waals surface area contributed by atoms with Gasteiger partial charge in [-0.25, -0.2) is 9.37 Å². The second-order valence-electron chi connectivity index (χ2n) is 6.64. The van der Waals surface area contributed by atoms with Gasteiger partial charge in [-0.15, -0.1) is 0 Å². The minimum atomic E-state index is -0.305. The van der Waals surface area contributed by atoms with Crippen molar-refractivity contribution in [3.8, 4) is 6.07 Å². The van der Waals surface area contributed by atoms with E-state index < -0.39 is 0 Å². The second-order valence-corrected chi connectivity index (χ2v) is 7.07. The summed E-state index contributed by atoms with van der Waals surface area (Å²) in [6.07, 6.45) is 3.56. The number of likely N-dealkylation sites (N-methyl/N-ethyl adjacent to an activating group) is 2. The van der Waals surface area contributed by atoms with Crippen LogP contribution in [0.25, 0.3) is 5.70 Å². The van der Waals surface area contributed by atoms with Crippen LogP contribution in [0.1, 0.15) is 44.6 Å². The molecule has 2 rings (SSSR count). The summed E-state index contributed by atoms with van der Waals surface area (Å²) in [5.41, 5.74) is 3.29. The molecule has 1 N–H and O–H groups in total. The van der Waals surface area contributed by atoms with Gasteiger partial charge < -0.3 is 15.1 Å². The Morgan fingerprint density at radius 1 is 1.18 bits per heavy atom. The summed E-state index contributed by atoms with van der Waals surface area (Å²) in [7, 11) is 5.70. The van der Waals surface area contributed by atoms with Gasteiger partial charge in [0.2, 0.25) is 0 Å². The Kier molecular flexibility index (Phi) is 15.3. The average molecular weight is 474 g/mol. The van der Waals surface area contributed by atoms with E-state index in [1.54, 1.807) is 24.3 Å². The Labute approximate surface area is 204 Å². The Morgan fingerprint density at radius 2 is 1.85 bits per heavy atom. The van der Waals surface area contributed by atoms with E-state index in [0.29, 0.717) is 41.6 Å². The molecule has 0 aliphatic heterocycles. The first kappa shape index (κ1) is 30.1. The maximum absolute atomic E-state index is 14.0. The molecule has 0 saturated carbocycles. The summed E-state index contributed by atoms with van der Waals surface area (Å²) >= 11 is 5.82. The van der Waals surface area contributed by atoms with Gasteiger partial charge in [-0.05, 0) is 37.4 Å². The van der Waals surface area contributed by atoms with Gasteiger partial charge in [0.1, 0.15) is 23.3 Å². The number of benzene rings is 1. The van der Waals surface area contributed by atoms with Crippen molar-refractivity contribution in [2.24, 2.45) is 0 Å². The number of hydrogen-bond acceptors (Lipinski definition) is 5. The van der Waals surface area contributed by atoms with Crippen LogP contribution >= 0.6 is 11.6 Å². The molecule has 0 radical (unpaired) electrons. The molecule has 0 aliphatic carbocycles. The fourth-order valence-electron chi connectivity index (χ4n) is 2.88. The Morgan fingerprint density at radius 3 is 2.39 bits per heavy atom. The van der Waals surface area contributed by atoms with Crippen LogP contribution in [0.3, 0.4) is 0 Å². The predicted octanol–water partition coefficient (Wildman–Crippen LogP) is 6.43. The SMILES string of the molecule is C=C/C=C(\c1nc(C#N)ccc1NC)N(C)CCN(C)Cc1ccc(Cl)cc1F.CC.CC. The molecule has 0 amide bonds. The summed E-state index contributed by atoms with van der Waals surface area (Å²) in [4.78, 5) is 8.54. The predicted molar refractivity (Wildman–Crippen MR) is 140 cm³/mol. The third-order valence-corrected chi connectivity index (χ3v) is 4.72. The van der Waals surface area contributed by atoms with E-state index in [2.05, 4.69) is 22.9 Å². The van der Waals surface area contributed by atoms with Gasteiger partial charge in [0.15, 0.2) is 0 Å². The maximum Gasteiger partial charge on any atom is 0.141 e. The van der Waals surface area contributed by atoms with E-state index in [1.165, 1.54) is 6.07 Å². The number of halogens is 2. The van der Waals surface area contributed by atoms with Gasteiger partial charge in [0, 0.05) is 44.3 Å². The summed E-state index contributed by atoms with van der Waals surface area (Å²) in [6, 6.07) is 10.3. The lowest BCUT2D eigenvalue weighted by atomic mass is 10.1. The van der Waals surface area contributed by atoms with Crippen molar-refractivity contribution in [1.29, 1.82) is 5.26 Å². The van der Waals surface area contributed by atoms with Crippen LogP contribution in [0.4, 0.5) is 10.1 Å². The first-order chi connectivity index (χ1) is 15.9. The number of hydrogen-bond donors (Lipinski definition) is 1. The van der Waals surface area contributed by atoms with Crippen LogP contribution in [0, 0.1) is 17.1 Å². The summed E-state index contributed by atoms with van der Waals surface area (Å²) in [5, 5.41) is 12.7. The number of rotatable bonds is 9. The lowest BCUT2D eigenvalue weighted by Crippen LogP contribution is -2.30. The zero-order valence-corrected chi connectivity index (χ0v) is 21.7. The van der Waals surface area contributed by atoms with Crippen LogP contribution in [-0.2, 0) is 6.54 Å². The van der Waals surface area contributed by atoms with Crippen LogP contribution in [-0.4, -0.2) is 49.0 Å². The van der Waals surface area contributed by atoms with Gasteiger partial charge in [-0.3, -0.25) is 0 Å². The molecule has 0 saturated heterocycles. The van der Waals surface area contributed by atoms with Crippen LogP contribution in [0.5, 0.6) is 0 Å². The molecule has 2 aromatic rings. The molecular weight excluding hydrogens is 437 g/mol. The lowest BCUT2D eigenvalue weighted by molar-refractivity contribution is 0.290. The number of nitrogens with zero attached hydrogens (tertiary/aromatic N) is 4. The van der Waals surface area contributed by atoms with Crippen molar-refractivity contribution >= 4 is 23.0 Å². The molecule has 1 aromatic carbocycles. The van der Waals surface area contributed by atoms with Crippen LogP contribution in [0.15, 0.2) is 49.1 Å². The van der Waals surface area contributed by atoms with E-state index in [-0.39, 0.29) is 5.82 Å². The number of anilines is 1. The normalized spacial score (nSPS) is 10.3. The molecule has 5 nitrogen and oxygen atoms in total. The zero-order valence-electron chi connectivity index (χ0n) is 20.9. The standard InChI is InChI=1S/C22H25ClFN5.2C2H6/c1-5-6-21(22-20(26-2)10-9-18(14-25)27-22)29(4)12-11-28(3)15-16-7-8-17(23)13-19(16)24;2*1-2/h5-10,13,26H,1,11-12,15H2,2-4H3;2*1-2H3/b21-6+;;. The van der Waals surface area contributed by atoms with Gasteiger partial charge in [0.05, 0.1) is 11.4 Å². The number of pyridine rings is 1. The molecule has 0 atom stereocenters. The van der Waals surface area contributed by atoms with E-state index in [1.807, 2.05) is 70.8 Å². The molecule has 0 aliphatic rings. The van der Waals surface area contributed by atoms with Crippen LogP contribution in [0.2, 0.25) is 5.02 Å². The molecule has 0 unspecified atom stereocenters. The Bertz CT molecular complexity index is 937. The van der Waals surface area contributed by atoms with Crippen molar-refractivity contribution < 1.29 is 4.39 Å². The summed E-state index contributed by atoms with van der Waals surface area (Å²) < 4.78 is 14.0. The molecule has 0 spiro atoms. The number of nitrogens with one attached hydrogen (secondary N) is 1. The molecule has 33 heavy (non-hydrogen) atoms. The highest BCUT2D eigenvalue weighted by atomic mass is 35.5. The quantitative estimate of drug-likeness (QED) is 0.425.